The summed E-state index contributed by atoms with van der Waals surface area (Å²) >= 11 is 0. The van der Waals surface area contributed by atoms with Crippen LogP contribution < -0.4 is 0 Å². The summed E-state index contributed by atoms with van der Waals surface area (Å²) in [5, 5.41) is 27.5. The number of fused-ring (bicyclic) bond motifs is 2. The summed E-state index contributed by atoms with van der Waals surface area (Å²) in [4.78, 5) is 43.3. The van der Waals surface area contributed by atoms with Crippen LogP contribution in [0.4, 0.5) is 0 Å². The Bertz CT molecular complexity index is 698. The van der Waals surface area contributed by atoms with Gasteiger partial charge in [0.15, 0.2) is 0 Å². The van der Waals surface area contributed by atoms with Gasteiger partial charge in [-0.2, -0.15) is 0 Å². The van der Waals surface area contributed by atoms with Crippen molar-refractivity contribution < 1.29 is 29.7 Å². The molecule has 0 unspecified atom stereocenters. The van der Waals surface area contributed by atoms with Gasteiger partial charge in [0.05, 0.1) is 31.0 Å². The van der Waals surface area contributed by atoms with Crippen LogP contribution in [0.25, 0.3) is 0 Å². The third-order valence-electron chi connectivity index (χ3n) is 4.39. The number of hydrogen-bond acceptors (Lipinski definition) is 7. The zero-order chi connectivity index (χ0) is 20.5. The lowest BCUT2D eigenvalue weighted by Gasteiger charge is -2.26. The number of nitrogens with zero attached hydrogens (tertiary/aromatic N) is 4. The maximum absolute atomic E-state index is 11.2. The Hall–Kier alpha value is -2.56. The lowest BCUT2D eigenvalue weighted by Crippen LogP contribution is -2.40. The van der Waals surface area contributed by atoms with Crippen molar-refractivity contribution in [3.63, 3.8) is 0 Å². The molecule has 1 aromatic rings. The van der Waals surface area contributed by atoms with E-state index in [9.17, 15) is 19.5 Å². The Morgan fingerprint density at radius 2 is 1.18 bits per heavy atom. The van der Waals surface area contributed by atoms with Crippen LogP contribution in [0.1, 0.15) is 17.8 Å². The highest BCUT2D eigenvalue weighted by molar-refractivity contribution is 5.69. The van der Waals surface area contributed by atoms with Crippen LogP contribution in [-0.2, 0) is 27.5 Å². The minimum Gasteiger partial charge on any atom is -0.480 e. The van der Waals surface area contributed by atoms with E-state index in [2.05, 4.69) is 4.98 Å². The van der Waals surface area contributed by atoms with Gasteiger partial charge < -0.3 is 15.3 Å². The van der Waals surface area contributed by atoms with Gasteiger partial charge in [-0.1, -0.05) is 6.07 Å². The van der Waals surface area contributed by atoms with Gasteiger partial charge in [0.1, 0.15) is 0 Å². The van der Waals surface area contributed by atoms with Crippen LogP contribution in [0.2, 0.25) is 0 Å². The predicted octanol–water partition coefficient (Wildman–Crippen LogP) is -0.355. The van der Waals surface area contributed by atoms with Crippen LogP contribution in [0, 0.1) is 0 Å². The van der Waals surface area contributed by atoms with Crippen molar-refractivity contribution >= 4 is 17.9 Å². The predicted molar refractivity (Wildman–Crippen MR) is 98.8 cm³/mol. The summed E-state index contributed by atoms with van der Waals surface area (Å²) in [5.41, 5.74) is 1.41. The quantitative estimate of drug-likeness (QED) is 0.587. The molecule has 1 aliphatic heterocycles. The number of pyridine rings is 1. The Balaban J connectivity index is 2.22. The van der Waals surface area contributed by atoms with E-state index in [4.69, 9.17) is 10.2 Å². The Labute approximate surface area is 163 Å². The minimum atomic E-state index is -0.960. The Kier molecular flexibility index (Phi) is 8.30. The van der Waals surface area contributed by atoms with E-state index in [0.717, 1.165) is 5.69 Å². The van der Waals surface area contributed by atoms with Crippen molar-refractivity contribution in [1.82, 2.24) is 19.7 Å². The van der Waals surface area contributed by atoms with Crippen LogP contribution in [0.3, 0.4) is 0 Å². The van der Waals surface area contributed by atoms with Crippen molar-refractivity contribution in [1.29, 1.82) is 0 Å². The van der Waals surface area contributed by atoms with E-state index in [1.165, 1.54) is 0 Å². The van der Waals surface area contributed by atoms with Crippen molar-refractivity contribution in [2.24, 2.45) is 0 Å². The van der Waals surface area contributed by atoms with E-state index in [1.54, 1.807) is 20.8 Å². The zero-order valence-electron chi connectivity index (χ0n) is 15.7. The first kappa shape index (κ1) is 21.7. The maximum Gasteiger partial charge on any atom is 0.317 e. The molecule has 0 saturated heterocycles. The minimum absolute atomic E-state index is 0.129. The second-order valence-corrected chi connectivity index (χ2v) is 6.85. The second kappa shape index (κ2) is 10.7. The fraction of sp³-hybridized carbons (Fsp3) is 0.556. The van der Waals surface area contributed by atoms with Gasteiger partial charge in [-0.25, -0.2) is 0 Å². The summed E-state index contributed by atoms with van der Waals surface area (Å²) in [6.45, 7) is 2.00. The molecule has 0 saturated carbocycles. The summed E-state index contributed by atoms with van der Waals surface area (Å²) in [6, 6.07) is 5.44. The highest BCUT2D eigenvalue weighted by Crippen LogP contribution is 2.09. The van der Waals surface area contributed by atoms with Gasteiger partial charge in [-0.15, -0.1) is 0 Å². The van der Waals surface area contributed by atoms with Crippen molar-refractivity contribution in [3.8, 4) is 0 Å². The lowest BCUT2D eigenvalue weighted by atomic mass is 10.2. The Morgan fingerprint density at radius 3 is 1.71 bits per heavy atom. The highest BCUT2D eigenvalue weighted by Gasteiger charge is 2.18. The number of carboxylic acids is 3. The molecule has 2 rings (SSSR count). The first-order valence-corrected chi connectivity index (χ1v) is 9.09. The van der Waals surface area contributed by atoms with Crippen LogP contribution in [-0.4, -0.2) is 98.7 Å². The number of rotatable bonds is 6. The standard InChI is InChI=1S/C18H26N4O6/c23-16(24)11-20-5-2-6-21(12-17(25)26)9-14-3-1-4-15(19-14)10-22(8-7-20)13-18(27)28/h1,3-4H,2,5-13H2,(H,23,24)(H,25,26)(H,27,28). The fourth-order valence-electron chi connectivity index (χ4n) is 3.24. The molecule has 0 aromatic carbocycles. The highest BCUT2D eigenvalue weighted by atomic mass is 16.4. The molecule has 0 atom stereocenters. The first-order valence-electron chi connectivity index (χ1n) is 9.09. The average Bonchev–Trinajstić information content (AvgIpc) is 2.58. The topological polar surface area (TPSA) is 135 Å². The SMILES string of the molecule is O=C(O)CN1CCCN(CC(=O)O)Cc2cccc(n2)CN(CC(=O)O)CC1. The fourth-order valence-corrected chi connectivity index (χ4v) is 3.24. The normalized spacial score (nSPS) is 17.9. The summed E-state index contributed by atoms with van der Waals surface area (Å²) in [6.07, 6.45) is 0.596. The third-order valence-corrected chi connectivity index (χ3v) is 4.39. The maximum atomic E-state index is 11.2. The number of carbonyl (C=O) groups is 3. The molecule has 3 N–H and O–H groups in total. The molecule has 10 nitrogen and oxygen atoms in total. The molecule has 0 fully saturated rings. The molecular weight excluding hydrogens is 368 g/mol. The second-order valence-electron chi connectivity index (χ2n) is 6.85. The van der Waals surface area contributed by atoms with Crippen molar-refractivity contribution in [3.05, 3.63) is 29.6 Å². The van der Waals surface area contributed by atoms with Gasteiger partial charge in [0.2, 0.25) is 0 Å². The number of aromatic nitrogens is 1. The number of carboxylic acid groups (broad SMARTS) is 3. The van der Waals surface area contributed by atoms with E-state index < -0.39 is 17.9 Å². The van der Waals surface area contributed by atoms with E-state index in [0.29, 0.717) is 51.4 Å². The molecular formula is C18H26N4O6. The van der Waals surface area contributed by atoms with E-state index in [-0.39, 0.29) is 19.6 Å². The van der Waals surface area contributed by atoms with Gasteiger partial charge in [-0.3, -0.25) is 34.1 Å². The number of hydrogen-bond donors (Lipinski definition) is 3. The molecule has 10 heteroatoms. The molecule has 0 spiro atoms. The molecule has 1 aliphatic rings. The molecule has 0 amide bonds. The van der Waals surface area contributed by atoms with E-state index in [1.807, 2.05) is 12.1 Å². The average molecular weight is 394 g/mol. The molecule has 154 valence electrons. The lowest BCUT2D eigenvalue weighted by molar-refractivity contribution is -0.140. The molecule has 2 heterocycles. The monoisotopic (exact) mass is 394 g/mol. The first-order chi connectivity index (χ1) is 13.3. The van der Waals surface area contributed by atoms with E-state index >= 15 is 0 Å². The van der Waals surface area contributed by atoms with Crippen LogP contribution in [0.15, 0.2) is 18.2 Å². The molecule has 0 radical (unpaired) electrons. The van der Waals surface area contributed by atoms with Crippen molar-refractivity contribution in [2.45, 2.75) is 19.5 Å². The van der Waals surface area contributed by atoms with Gasteiger partial charge in [0.25, 0.3) is 0 Å². The van der Waals surface area contributed by atoms with Gasteiger partial charge in [0, 0.05) is 39.3 Å². The summed E-state index contributed by atoms with van der Waals surface area (Å²) < 4.78 is 0. The molecule has 1 aromatic heterocycles. The van der Waals surface area contributed by atoms with Crippen LogP contribution in [0.5, 0.6) is 0 Å². The van der Waals surface area contributed by atoms with Crippen LogP contribution >= 0.6 is 0 Å². The zero-order valence-corrected chi connectivity index (χ0v) is 15.7. The van der Waals surface area contributed by atoms with Gasteiger partial charge in [-0.05, 0) is 18.6 Å². The molecule has 28 heavy (non-hydrogen) atoms. The Morgan fingerprint density at radius 1 is 0.750 bits per heavy atom. The van der Waals surface area contributed by atoms with Crippen molar-refractivity contribution in [2.75, 3.05) is 45.8 Å². The molecule has 2 bridgehead atoms. The van der Waals surface area contributed by atoms with Gasteiger partial charge >= 0.3 is 17.9 Å². The smallest absolute Gasteiger partial charge is 0.317 e. The summed E-state index contributed by atoms with van der Waals surface area (Å²) in [5.74, 6) is -2.85. The summed E-state index contributed by atoms with van der Waals surface area (Å²) in [7, 11) is 0. The number of aliphatic carboxylic acids is 3. The molecule has 0 aliphatic carbocycles. The largest absolute Gasteiger partial charge is 0.480 e. The third kappa shape index (κ3) is 7.99.